The van der Waals surface area contributed by atoms with Gasteiger partial charge in [0.1, 0.15) is 12.2 Å². The van der Waals surface area contributed by atoms with E-state index < -0.39 is 12.2 Å². The van der Waals surface area contributed by atoms with Crippen molar-refractivity contribution >= 4 is 29.6 Å². The highest BCUT2D eigenvalue weighted by atomic mass is 32.2. The van der Waals surface area contributed by atoms with Gasteiger partial charge in [0.05, 0.1) is 13.1 Å². The molecule has 1 aromatic carbocycles. The number of benzene rings is 1. The number of thioether (sulfide) groups is 1. The summed E-state index contributed by atoms with van der Waals surface area (Å²) in [5.74, 6) is 0.956. The van der Waals surface area contributed by atoms with Crippen LogP contribution < -0.4 is 5.32 Å². The lowest BCUT2D eigenvalue weighted by atomic mass is 10.0. The molecule has 8 nitrogen and oxygen atoms in total. The van der Waals surface area contributed by atoms with Crippen molar-refractivity contribution < 1.29 is 14.4 Å². The molecule has 2 aliphatic rings. The molecule has 170 valence electrons. The van der Waals surface area contributed by atoms with E-state index in [1.165, 1.54) is 0 Å². The smallest absolute Gasteiger partial charge is 0.334 e. The molecule has 9 heteroatoms. The molecular formula is C22H33N5O3S. The van der Waals surface area contributed by atoms with Crippen LogP contribution in [0.3, 0.4) is 0 Å². The van der Waals surface area contributed by atoms with Crippen molar-refractivity contribution in [3.8, 4) is 0 Å². The predicted octanol–water partition coefficient (Wildman–Crippen LogP) is 1.83. The number of carbonyl (C=O) groups excluding carboxylic acids is 3. The molecule has 1 N–H and O–H groups in total. The number of hydrogen-bond acceptors (Lipinski definition) is 5. The molecule has 31 heavy (non-hydrogen) atoms. The molecule has 2 saturated heterocycles. The van der Waals surface area contributed by atoms with Crippen LogP contribution in [0.1, 0.15) is 25.8 Å². The minimum absolute atomic E-state index is 0.0125. The van der Waals surface area contributed by atoms with Gasteiger partial charge in [0.2, 0.25) is 11.8 Å². The van der Waals surface area contributed by atoms with Crippen molar-refractivity contribution in [2.45, 2.75) is 39.0 Å². The molecule has 0 aromatic heterocycles. The van der Waals surface area contributed by atoms with E-state index in [0.717, 1.165) is 11.3 Å². The van der Waals surface area contributed by atoms with Crippen LogP contribution in [0.2, 0.25) is 0 Å². The summed E-state index contributed by atoms with van der Waals surface area (Å²) >= 11 is 1.65. The summed E-state index contributed by atoms with van der Waals surface area (Å²) in [6.07, 6.45) is 2.07. The highest BCUT2D eigenvalue weighted by Crippen LogP contribution is 2.28. The Bertz CT molecular complexity index is 791. The zero-order valence-electron chi connectivity index (χ0n) is 18.8. The standard InChI is InChI=1S/C22H33N5O3S/c1-16(2)13-25-14-19-26(18(21(25)29)10-11-31-4)20(28)15-24(3)27(19)22(30)23-12-17-8-6-5-7-9-17/h5-9,16,18-19H,10-15H2,1-4H3,(H,23,30)/t18-,19-/m0/s1. The summed E-state index contributed by atoms with van der Waals surface area (Å²) in [5, 5.41) is 6.24. The summed E-state index contributed by atoms with van der Waals surface area (Å²) in [6.45, 7) is 5.54. The summed E-state index contributed by atoms with van der Waals surface area (Å²) in [4.78, 5) is 42.9. The molecule has 3 rings (SSSR count). The molecule has 2 atom stereocenters. The molecule has 4 amide bonds. The third-order valence-corrected chi connectivity index (χ3v) is 6.26. The second-order valence-electron chi connectivity index (χ2n) is 8.52. The minimum atomic E-state index is -0.532. The number of hydrogen-bond donors (Lipinski definition) is 1. The summed E-state index contributed by atoms with van der Waals surface area (Å²) < 4.78 is 0. The minimum Gasteiger partial charge on any atom is -0.337 e. The fourth-order valence-corrected chi connectivity index (χ4v) is 4.73. The third-order valence-electron chi connectivity index (χ3n) is 5.62. The SMILES string of the molecule is CSCC[C@H]1C(=O)N(CC(C)C)C[C@H]2N1C(=O)CN(C)N2C(=O)NCc1ccccc1. The Morgan fingerprint density at radius 3 is 2.58 bits per heavy atom. The van der Waals surface area contributed by atoms with E-state index in [1.807, 2.05) is 41.5 Å². The molecule has 2 aliphatic heterocycles. The zero-order chi connectivity index (χ0) is 22.5. The number of nitrogens with zero attached hydrogens (tertiary/aromatic N) is 4. The van der Waals surface area contributed by atoms with Gasteiger partial charge >= 0.3 is 6.03 Å². The highest BCUT2D eigenvalue weighted by molar-refractivity contribution is 7.98. The lowest BCUT2D eigenvalue weighted by Gasteiger charge is -2.54. The van der Waals surface area contributed by atoms with Crippen LogP contribution in [-0.2, 0) is 16.1 Å². The van der Waals surface area contributed by atoms with Crippen LogP contribution in [0.25, 0.3) is 0 Å². The maximum atomic E-state index is 13.2. The zero-order valence-corrected chi connectivity index (χ0v) is 19.6. The predicted molar refractivity (Wildman–Crippen MR) is 122 cm³/mol. The maximum absolute atomic E-state index is 13.2. The average Bonchev–Trinajstić information content (AvgIpc) is 2.73. The molecule has 1 aromatic rings. The molecule has 0 radical (unpaired) electrons. The van der Waals surface area contributed by atoms with Gasteiger partial charge in [-0.3, -0.25) is 9.59 Å². The number of rotatable bonds is 7. The van der Waals surface area contributed by atoms with Gasteiger partial charge in [-0.15, -0.1) is 0 Å². The van der Waals surface area contributed by atoms with Crippen LogP contribution in [0.5, 0.6) is 0 Å². The van der Waals surface area contributed by atoms with Gasteiger partial charge in [0.15, 0.2) is 0 Å². The Hall–Kier alpha value is -2.26. The lowest BCUT2D eigenvalue weighted by molar-refractivity contribution is -0.187. The molecule has 0 aliphatic carbocycles. The number of fused-ring (bicyclic) bond motifs is 1. The fraction of sp³-hybridized carbons (Fsp3) is 0.591. The highest BCUT2D eigenvalue weighted by Gasteiger charge is 2.50. The van der Waals surface area contributed by atoms with E-state index in [0.29, 0.717) is 32.0 Å². The first-order valence-electron chi connectivity index (χ1n) is 10.7. The molecular weight excluding hydrogens is 414 g/mol. The number of nitrogens with one attached hydrogen (secondary N) is 1. The molecule has 2 fully saturated rings. The Labute approximate surface area is 188 Å². The van der Waals surface area contributed by atoms with Gasteiger partial charge in [-0.2, -0.15) is 11.8 Å². The van der Waals surface area contributed by atoms with Gasteiger partial charge in [0, 0.05) is 20.1 Å². The van der Waals surface area contributed by atoms with Gasteiger partial charge in [-0.1, -0.05) is 44.2 Å². The van der Waals surface area contributed by atoms with Crippen LogP contribution in [-0.4, -0.2) is 88.6 Å². The Morgan fingerprint density at radius 2 is 1.94 bits per heavy atom. The largest absolute Gasteiger partial charge is 0.337 e. The van der Waals surface area contributed by atoms with Crippen molar-refractivity contribution in [3.05, 3.63) is 35.9 Å². The van der Waals surface area contributed by atoms with E-state index in [-0.39, 0.29) is 24.4 Å². The Morgan fingerprint density at radius 1 is 1.23 bits per heavy atom. The number of carbonyl (C=O) groups is 3. The number of amides is 4. The monoisotopic (exact) mass is 447 g/mol. The quantitative estimate of drug-likeness (QED) is 0.690. The van der Waals surface area contributed by atoms with Gasteiger partial charge < -0.3 is 15.1 Å². The Balaban J connectivity index is 1.84. The average molecular weight is 448 g/mol. The van der Waals surface area contributed by atoms with Crippen molar-refractivity contribution in [3.63, 3.8) is 0 Å². The second kappa shape index (κ2) is 10.4. The van der Waals surface area contributed by atoms with Gasteiger partial charge in [-0.05, 0) is 29.9 Å². The summed E-state index contributed by atoms with van der Waals surface area (Å²) in [7, 11) is 1.75. The van der Waals surface area contributed by atoms with Gasteiger partial charge in [0.25, 0.3) is 0 Å². The topological polar surface area (TPSA) is 76.2 Å². The second-order valence-corrected chi connectivity index (χ2v) is 9.51. The van der Waals surface area contributed by atoms with Crippen molar-refractivity contribution in [2.24, 2.45) is 5.92 Å². The van der Waals surface area contributed by atoms with E-state index in [4.69, 9.17) is 0 Å². The van der Waals surface area contributed by atoms with Crippen molar-refractivity contribution in [1.29, 1.82) is 0 Å². The first-order chi connectivity index (χ1) is 14.8. The van der Waals surface area contributed by atoms with Gasteiger partial charge in [-0.25, -0.2) is 14.8 Å². The van der Waals surface area contributed by atoms with E-state index >= 15 is 0 Å². The molecule has 0 bridgehead atoms. The third kappa shape index (κ3) is 5.33. The molecule has 2 heterocycles. The number of hydrazine groups is 1. The number of likely N-dealkylation sites (N-methyl/N-ethyl adjacent to an activating group) is 1. The first kappa shape index (κ1) is 23.4. The molecule has 0 unspecified atom stereocenters. The van der Waals surface area contributed by atoms with E-state index in [2.05, 4.69) is 19.2 Å². The number of urea groups is 1. The lowest BCUT2D eigenvalue weighted by Crippen LogP contribution is -2.76. The van der Waals surface area contributed by atoms with Crippen LogP contribution in [0.15, 0.2) is 30.3 Å². The van der Waals surface area contributed by atoms with Crippen LogP contribution in [0, 0.1) is 5.92 Å². The maximum Gasteiger partial charge on any atom is 0.334 e. The first-order valence-corrected chi connectivity index (χ1v) is 12.1. The summed E-state index contributed by atoms with van der Waals surface area (Å²) in [5.41, 5.74) is 1.00. The molecule has 0 spiro atoms. The van der Waals surface area contributed by atoms with E-state index in [9.17, 15) is 14.4 Å². The fourth-order valence-electron chi connectivity index (χ4n) is 4.27. The summed E-state index contributed by atoms with van der Waals surface area (Å²) in [6, 6.07) is 8.91. The van der Waals surface area contributed by atoms with E-state index in [1.54, 1.807) is 33.7 Å². The number of piperazine rings is 1. The van der Waals surface area contributed by atoms with Crippen LogP contribution >= 0.6 is 11.8 Å². The van der Waals surface area contributed by atoms with Crippen LogP contribution in [0.4, 0.5) is 4.79 Å². The molecule has 0 saturated carbocycles. The van der Waals surface area contributed by atoms with Crippen molar-refractivity contribution in [2.75, 3.05) is 38.7 Å². The normalized spacial score (nSPS) is 22.2. The van der Waals surface area contributed by atoms with Crippen molar-refractivity contribution in [1.82, 2.24) is 25.1 Å². The Kier molecular flexibility index (Phi) is 7.83.